The molecule has 0 amide bonds. The van der Waals surface area contributed by atoms with E-state index in [0.717, 1.165) is 37.8 Å². The van der Waals surface area contributed by atoms with Crippen LogP contribution in [-0.2, 0) is 6.54 Å². The number of hydrogen-bond acceptors (Lipinski definition) is 3. The van der Waals surface area contributed by atoms with Gasteiger partial charge in [-0.2, -0.15) is 0 Å². The summed E-state index contributed by atoms with van der Waals surface area (Å²) in [5.41, 5.74) is 0.674. The summed E-state index contributed by atoms with van der Waals surface area (Å²) in [5.74, 6) is 0.820. The summed E-state index contributed by atoms with van der Waals surface area (Å²) in [5, 5.41) is 0. The number of nitrogens with zero attached hydrogens (tertiary/aromatic N) is 2. The largest absolute Gasteiger partial charge is 0.494 e. The highest BCUT2D eigenvalue weighted by molar-refractivity contribution is 5.74. The van der Waals surface area contributed by atoms with Crippen LogP contribution in [0.1, 0.15) is 29.6 Å². The standard InChI is InChI=1S/C15H18N2O2/c18-12-14-4-6-15(7-5-14)19-11-3-1-2-9-17-10-8-16-13-17/h4-8,10,12-13H,1-3,9,11H2. The highest BCUT2D eigenvalue weighted by Gasteiger charge is 1.95. The van der Waals surface area contributed by atoms with Gasteiger partial charge in [0.05, 0.1) is 12.9 Å². The molecule has 1 aromatic heterocycles. The number of aryl methyl sites for hydroxylation is 1. The first kappa shape index (κ1) is 13.3. The van der Waals surface area contributed by atoms with E-state index < -0.39 is 0 Å². The Morgan fingerprint density at radius 3 is 2.68 bits per heavy atom. The van der Waals surface area contributed by atoms with Crippen LogP contribution in [0.4, 0.5) is 0 Å². The molecule has 0 fully saturated rings. The predicted molar refractivity (Wildman–Crippen MR) is 73.4 cm³/mol. The van der Waals surface area contributed by atoms with Gasteiger partial charge in [0.2, 0.25) is 0 Å². The van der Waals surface area contributed by atoms with Crippen molar-refractivity contribution in [3.8, 4) is 5.75 Å². The summed E-state index contributed by atoms with van der Waals surface area (Å²) in [6.45, 7) is 1.72. The second-order valence-corrected chi connectivity index (χ2v) is 4.40. The van der Waals surface area contributed by atoms with Crippen LogP contribution in [0.25, 0.3) is 0 Å². The van der Waals surface area contributed by atoms with Crippen molar-refractivity contribution >= 4 is 6.29 Å². The molecule has 0 spiro atoms. The zero-order valence-electron chi connectivity index (χ0n) is 10.9. The van der Waals surface area contributed by atoms with Gasteiger partial charge < -0.3 is 9.30 Å². The summed E-state index contributed by atoms with van der Waals surface area (Å²) in [6.07, 6.45) is 9.74. The van der Waals surface area contributed by atoms with E-state index >= 15 is 0 Å². The normalized spacial score (nSPS) is 10.3. The molecular formula is C15H18N2O2. The molecule has 0 radical (unpaired) electrons. The average Bonchev–Trinajstić information content (AvgIpc) is 2.96. The molecule has 0 aliphatic carbocycles. The van der Waals surface area contributed by atoms with E-state index in [4.69, 9.17) is 4.74 Å². The molecule has 0 saturated heterocycles. The molecule has 0 saturated carbocycles. The topological polar surface area (TPSA) is 44.1 Å². The molecule has 0 N–H and O–H groups in total. The van der Waals surface area contributed by atoms with Crippen LogP contribution < -0.4 is 4.74 Å². The van der Waals surface area contributed by atoms with Crippen molar-refractivity contribution in [2.45, 2.75) is 25.8 Å². The van der Waals surface area contributed by atoms with Crippen molar-refractivity contribution < 1.29 is 9.53 Å². The van der Waals surface area contributed by atoms with E-state index in [1.807, 2.05) is 24.7 Å². The Hall–Kier alpha value is -2.10. The third kappa shape index (κ3) is 4.58. The van der Waals surface area contributed by atoms with Gasteiger partial charge in [-0.05, 0) is 43.5 Å². The molecule has 0 unspecified atom stereocenters. The highest BCUT2D eigenvalue weighted by atomic mass is 16.5. The number of aldehydes is 1. The lowest BCUT2D eigenvalue weighted by Gasteiger charge is -2.06. The van der Waals surface area contributed by atoms with Gasteiger partial charge in [0.15, 0.2) is 0 Å². The van der Waals surface area contributed by atoms with Gasteiger partial charge in [-0.1, -0.05) is 0 Å². The number of carbonyl (C=O) groups is 1. The van der Waals surface area contributed by atoms with E-state index in [1.165, 1.54) is 0 Å². The van der Waals surface area contributed by atoms with Crippen molar-refractivity contribution in [3.05, 3.63) is 48.5 Å². The number of hydrogen-bond donors (Lipinski definition) is 0. The Morgan fingerprint density at radius 1 is 1.16 bits per heavy atom. The SMILES string of the molecule is O=Cc1ccc(OCCCCCn2ccnc2)cc1. The number of benzene rings is 1. The van der Waals surface area contributed by atoms with E-state index in [0.29, 0.717) is 12.2 Å². The van der Waals surface area contributed by atoms with Crippen LogP contribution >= 0.6 is 0 Å². The number of imidazole rings is 1. The maximum absolute atomic E-state index is 10.5. The molecule has 19 heavy (non-hydrogen) atoms. The summed E-state index contributed by atoms with van der Waals surface area (Å²) in [7, 11) is 0. The predicted octanol–water partition coefficient (Wildman–Crippen LogP) is 2.94. The fraction of sp³-hybridized carbons (Fsp3) is 0.333. The van der Waals surface area contributed by atoms with Crippen LogP contribution in [0.5, 0.6) is 5.75 Å². The van der Waals surface area contributed by atoms with Crippen LogP contribution in [0.3, 0.4) is 0 Å². The molecule has 2 rings (SSSR count). The first-order valence-corrected chi connectivity index (χ1v) is 6.52. The Bertz CT molecular complexity index is 477. The Labute approximate surface area is 113 Å². The van der Waals surface area contributed by atoms with Gasteiger partial charge >= 0.3 is 0 Å². The molecule has 4 heteroatoms. The molecule has 0 atom stereocenters. The van der Waals surface area contributed by atoms with E-state index in [1.54, 1.807) is 18.3 Å². The molecule has 100 valence electrons. The molecule has 1 aromatic carbocycles. The number of ether oxygens (including phenoxy) is 1. The minimum Gasteiger partial charge on any atom is -0.494 e. The van der Waals surface area contributed by atoms with Crippen LogP contribution in [0.15, 0.2) is 43.0 Å². The monoisotopic (exact) mass is 258 g/mol. The molecule has 0 bridgehead atoms. The summed E-state index contributed by atoms with van der Waals surface area (Å²) < 4.78 is 7.69. The van der Waals surface area contributed by atoms with E-state index in [-0.39, 0.29) is 0 Å². The zero-order valence-corrected chi connectivity index (χ0v) is 10.9. The van der Waals surface area contributed by atoms with Gasteiger partial charge in [-0.3, -0.25) is 4.79 Å². The lowest BCUT2D eigenvalue weighted by atomic mass is 10.2. The smallest absolute Gasteiger partial charge is 0.150 e. The van der Waals surface area contributed by atoms with Gasteiger partial charge in [-0.15, -0.1) is 0 Å². The summed E-state index contributed by atoms with van der Waals surface area (Å²) >= 11 is 0. The first-order valence-electron chi connectivity index (χ1n) is 6.52. The lowest BCUT2D eigenvalue weighted by molar-refractivity contribution is 0.112. The second-order valence-electron chi connectivity index (χ2n) is 4.40. The Kier molecular flexibility index (Phi) is 5.17. The second kappa shape index (κ2) is 7.36. The minimum atomic E-state index is 0.674. The van der Waals surface area contributed by atoms with Crippen molar-refractivity contribution in [2.75, 3.05) is 6.61 Å². The fourth-order valence-electron chi connectivity index (χ4n) is 1.82. The van der Waals surface area contributed by atoms with E-state index in [2.05, 4.69) is 9.55 Å². The van der Waals surface area contributed by atoms with Crippen molar-refractivity contribution in [3.63, 3.8) is 0 Å². The number of aromatic nitrogens is 2. The number of carbonyl (C=O) groups excluding carboxylic acids is 1. The molecular weight excluding hydrogens is 240 g/mol. The summed E-state index contributed by atoms with van der Waals surface area (Å²) in [6, 6.07) is 7.19. The van der Waals surface area contributed by atoms with Crippen LogP contribution in [0.2, 0.25) is 0 Å². The number of unbranched alkanes of at least 4 members (excludes halogenated alkanes) is 2. The first-order chi connectivity index (χ1) is 9.38. The Balaban J connectivity index is 1.57. The van der Waals surface area contributed by atoms with Crippen molar-refractivity contribution in [1.29, 1.82) is 0 Å². The molecule has 0 aliphatic heterocycles. The lowest BCUT2D eigenvalue weighted by Crippen LogP contribution is -1.99. The van der Waals surface area contributed by atoms with Crippen molar-refractivity contribution in [2.24, 2.45) is 0 Å². The number of rotatable bonds is 8. The fourth-order valence-corrected chi connectivity index (χ4v) is 1.82. The van der Waals surface area contributed by atoms with Gasteiger partial charge in [0.1, 0.15) is 12.0 Å². The average molecular weight is 258 g/mol. The van der Waals surface area contributed by atoms with Gasteiger partial charge in [-0.25, -0.2) is 4.98 Å². The van der Waals surface area contributed by atoms with Gasteiger partial charge in [0.25, 0.3) is 0 Å². The quantitative estimate of drug-likeness (QED) is 0.540. The highest BCUT2D eigenvalue weighted by Crippen LogP contribution is 2.11. The molecule has 4 nitrogen and oxygen atoms in total. The Morgan fingerprint density at radius 2 is 2.00 bits per heavy atom. The maximum Gasteiger partial charge on any atom is 0.150 e. The van der Waals surface area contributed by atoms with Crippen LogP contribution in [-0.4, -0.2) is 22.4 Å². The molecule has 0 aliphatic rings. The molecule has 1 heterocycles. The summed E-state index contributed by atoms with van der Waals surface area (Å²) in [4.78, 5) is 14.5. The van der Waals surface area contributed by atoms with Crippen LogP contribution in [0, 0.1) is 0 Å². The minimum absolute atomic E-state index is 0.674. The molecule has 2 aromatic rings. The van der Waals surface area contributed by atoms with Crippen molar-refractivity contribution in [1.82, 2.24) is 9.55 Å². The maximum atomic E-state index is 10.5. The third-order valence-electron chi connectivity index (χ3n) is 2.90. The zero-order chi connectivity index (χ0) is 13.3. The van der Waals surface area contributed by atoms with Gasteiger partial charge in [0, 0.05) is 24.5 Å². The van der Waals surface area contributed by atoms with E-state index in [9.17, 15) is 4.79 Å². The third-order valence-corrected chi connectivity index (χ3v) is 2.90.